The van der Waals surface area contributed by atoms with E-state index in [2.05, 4.69) is 16.8 Å². The number of hydrogen-bond donors (Lipinski definition) is 2. The standard InChI is InChI=1S/C11H19N3O/c1-4-14-7-5-6-9(14)8-13-11(2,3)10(12)15/h5-7,13H,4,8H2,1-3H3,(H2,12,15). The van der Waals surface area contributed by atoms with Gasteiger partial charge in [-0.25, -0.2) is 0 Å². The molecule has 0 aliphatic rings. The SMILES string of the molecule is CCn1cccc1CNC(C)(C)C(N)=O. The van der Waals surface area contributed by atoms with Crippen molar-refractivity contribution in [2.45, 2.75) is 39.4 Å². The number of aryl methyl sites for hydroxylation is 1. The molecule has 0 saturated heterocycles. The summed E-state index contributed by atoms with van der Waals surface area (Å²) in [5.41, 5.74) is 5.77. The van der Waals surface area contributed by atoms with E-state index < -0.39 is 5.54 Å². The van der Waals surface area contributed by atoms with Gasteiger partial charge in [-0.3, -0.25) is 10.1 Å². The van der Waals surface area contributed by atoms with Crippen molar-refractivity contribution in [2.24, 2.45) is 5.73 Å². The molecule has 1 heterocycles. The number of nitrogens with one attached hydrogen (secondary N) is 1. The third-order valence-electron chi connectivity index (χ3n) is 2.59. The Labute approximate surface area is 90.5 Å². The molecular weight excluding hydrogens is 190 g/mol. The first-order valence-corrected chi connectivity index (χ1v) is 5.16. The van der Waals surface area contributed by atoms with E-state index in [0.717, 1.165) is 12.2 Å². The number of amides is 1. The summed E-state index contributed by atoms with van der Waals surface area (Å²) < 4.78 is 2.13. The molecule has 0 bridgehead atoms. The van der Waals surface area contributed by atoms with Crippen LogP contribution < -0.4 is 11.1 Å². The quantitative estimate of drug-likeness (QED) is 0.755. The molecule has 1 amide bonds. The van der Waals surface area contributed by atoms with Crippen LogP contribution in [0, 0.1) is 0 Å². The summed E-state index contributed by atoms with van der Waals surface area (Å²) >= 11 is 0. The molecule has 0 aliphatic heterocycles. The smallest absolute Gasteiger partial charge is 0.237 e. The van der Waals surface area contributed by atoms with Crippen molar-refractivity contribution >= 4 is 5.91 Å². The van der Waals surface area contributed by atoms with E-state index in [-0.39, 0.29) is 5.91 Å². The van der Waals surface area contributed by atoms with Crippen LogP contribution in [0.4, 0.5) is 0 Å². The zero-order valence-electron chi connectivity index (χ0n) is 9.58. The van der Waals surface area contributed by atoms with Crippen molar-refractivity contribution in [2.75, 3.05) is 0 Å². The highest BCUT2D eigenvalue weighted by atomic mass is 16.1. The fourth-order valence-electron chi connectivity index (χ4n) is 1.32. The molecule has 1 rings (SSSR count). The average Bonchev–Trinajstić information content (AvgIpc) is 2.61. The summed E-state index contributed by atoms with van der Waals surface area (Å²) in [6.07, 6.45) is 2.02. The molecule has 0 radical (unpaired) electrons. The average molecular weight is 209 g/mol. The number of carbonyl (C=O) groups excluding carboxylic acids is 1. The number of nitrogens with two attached hydrogens (primary N) is 1. The molecular formula is C11H19N3O. The Morgan fingerprint density at radius 3 is 2.80 bits per heavy atom. The Bertz CT molecular complexity index is 341. The molecule has 0 aliphatic carbocycles. The first-order valence-electron chi connectivity index (χ1n) is 5.16. The Balaban J connectivity index is 2.61. The maximum absolute atomic E-state index is 11.1. The molecule has 4 nitrogen and oxygen atoms in total. The lowest BCUT2D eigenvalue weighted by molar-refractivity contribution is -0.123. The highest BCUT2D eigenvalue weighted by Crippen LogP contribution is 2.06. The lowest BCUT2D eigenvalue weighted by atomic mass is 10.1. The van der Waals surface area contributed by atoms with Crippen LogP contribution in [0.3, 0.4) is 0 Å². The second-order valence-electron chi connectivity index (χ2n) is 4.13. The van der Waals surface area contributed by atoms with Gasteiger partial charge in [0.05, 0.1) is 5.54 Å². The van der Waals surface area contributed by atoms with E-state index >= 15 is 0 Å². The molecule has 0 aromatic carbocycles. The predicted octanol–water partition coefficient (Wildman–Crippen LogP) is 0.862. The fourth-order valence-corrected chi connectivity index (χ4v) is 1.32. The molecule has 84 valence electrons. The molecule has 0 spiro atoms. The van der Waals surface area contributed by atoms with Gasteiger partial charge in [0.2, 0.25) is 5.91 Å². The van der Waals surface area contributed by atoms with Crippen molar-refractivity contribution in [1.29, 1.82) is 0 Å². The van der Waals surface area contributed by atoms with Crippen LogP contribution in [-0.2, 0) is 17.9 Å². The van der Waals surface area contributed by atoms with Crippen LogP contribution >= 0.6 is 0 Å². The van der Waals surface area contributed by atoms with Gasteiger partial charge in [0.25, 0.3) is 0 Å². The predicted molar refractivity (Wildman–Crippen MR) is 60.2 cm³/mol. The minimum Gasteiger partial charge on any atom is -0.368 e. The molecule has 0 saturated carbocycles. The highest BCUT2D eigenvalue weighted by molar-refractivity contribution is 5.83. The molecule has 4 heteroatoms. The van der Waals surface area contributed by atoms with Gasteiger partial charge in [-0.2, -0.15) is 0 Å². The zero-order valence-corrected chi connectivity index (χ0v) is 9.58. The van der Waals surface area contributed by atoms with Crippen molar-refractivity contribution in [1.82, 2.24) is 9.88 Å². The molecule has 0 atom stereocenters. The summed E-state index contributed by atoms with van der Waals surface area (Å²) in [5.74, 6) is -0.336. The summed E-state index contributed by atoms with van der Waals surface area (Å²) in [4.78, 5) is 11.1. The fraction of sp³-hybridized carbons (Fsp3) is 0.545. The number of rotatable bonds is 5. The van der Waals surface area contributed by atoms with Crippen LogP contribution in [0.2, 0.25) is 0 Å². The summed E-state index contributed by atoms with van der Waals surface area (Å²) in [6.45, 7) is 7.24. The van der Waals surface area contributed by atoms with Crippen molar-refractivity contribution < 1.29 is 4.79 Å². The minimum atomic E-state index is -0.664. The van der Waals surface area contributed by atoms with E-state index in [1.165, 1.54) is 0 Å². The van der Waals surface area contributed by atoms with Crippen LogP contribution in [0.5, 0.6) is 0 Å². The van der Waals surface area contributed by atoms with Gasteiger partial charge in [-0.05, 0) is 32.9 Å². The second kappa shape index (κ2) is 4.49. The van der Waals surface area contributed by atoms with Crippen LogP contribution in [-0.4, -0.2) is 16.0 Å². The first kappa shape index (κ1) is 11.8. The lowest BCUT2D eigenvalue weighted by Gasteiger charge is -2.22. The highest BCUT2D eigenvalue weighted by Gasteiger charge is 2.23. The minimum absolute atomic E-state index is 0.336. The van der Waals surface area contributed by atoms with Gasteiger partial charge in [0.1, 0.15) is 0 Å². The van der Waals surface area contributed by atoms with Gasteiger partial charge < -0.3 is 10.3 Å². The molecule has 0 unspecified atom stereocenters. The van der Waals surface area contributed by atoms with Gasteiger partial charge in [-0.15, -0.1) is 0 Å². The van der Waals surface area contributed by atoms with Gasteiger partial charge in [0.15, 0.2) is 0 Å². The Morgan fingerprint density at radius 1 is 1.60 bits per heavy atom. The maximum Gasteiger partial charge on any atom is 0.237 e. The van der Waals surface area contributed by atoms with Gasteiger partial charge in [-0.1, -0.05) is 0 Å². The molecule has 3 N–H and O–H groups in total. The zero-order chi connectivity index (χ0) is 11.5. The topological polar surface area (TPSA) is 60.1 Å². The Hall–Kier alpha value is -1.29. The first-order chi connectivity index (χ1) is 6.97. The molecule has 1 aromatic heterocycles. The normalized spacial score (nSPS) is 11.7. The summed E-state index contributed by atoms with van der Waals surface area (Å²) in [7, 11) is 0. The van der Waals surface area contributed by atoms with E-state index in [1.807, 2.05) is 18.3 Å². The monoisotopic (exact) mass is 209 g/mol. The third-order valence-corrected chi connectivity index (χ3v) is 2.59. The number of carbonyl (C=O) groups is 1. The molecule has 1 aromatic rings. The maximum atomic E-state index is 11.1. The summed E-state index contributed by atoms with van der Waals surface area (Å²) in [5, 5.41) is 3.14. The Kier molecular flexibility index (Phi) is 3.52. The number of nitrogens with zero attached hydrogens (tertiary/aromatic N) is 1. The molecule has 15 heavy (non-hydrogen) atoms. The lowest BCUT2D eigenvalue weighted by Crippen LogP contribution is -2.50. The molecule has 0 fully saturated rings. The van der Waals surface area contributed by atoms with Crippen LogP contribution in [0.25, 0.3) is 0 Å². The van der Waals surface area contributed by atoms with Crippen molar-refractivity contribution in [3.8, 4) is 0 Å². The Morgan fingerprint density at radius 2 is 2.27 bits per heavy atom. The van der Waals surface area contributed by atoms with Crippen LogP contribution in [0.15, 0.2) is 18.3 Å². The largest absolute Gasteiger partial charge is 0.368 e. The number of aromatic nitrogens is 1. The number of hydrogen-bond acceptors (Lipinski definition) is 2. The van der Waals surface area contributed by atoms with E-state index in [1.54, 1.807) is 13.8 Å². The third kappa shape index (κ3) is 2.83. The van der Waals surface area contributed by atoms with E-state index in [0.29, 0.717) is 6.54 Å². The van der Waals surface area contributed by atoms with Crippen molar-refractivity contribution in [3.05, 3.63) is 24.0 Å². The second-order valence-corrected chi connectivity index (χ2v) is 4.13. The summed E-state index contributed by atoms with van der Waals surface area (Å²) in [6, 6.07) is 4.03. The van der Waals surface area contributed by atoms with Gasteiger partial charge in [0, 0.05) is 25.0 Å². The van der Waals surface area contributed by atoms with Gasteiger partial charge >= 0.3 is 0 Å². The van der Waals surface area contributed by atoms with Crippen molar-refractivity contribution in [3.63, 3.8) is 0 Å². The number of primary amides is 1. The van der Waals surface area contributed by atoms with Crippen LogP contribution in [0.1, 0.15) is 26.5 Å². The van der Waals surface area contributed by atoms with E-state index in [9.17, 15) is 4.79 Å². The van der Waals surface area contributed by atoms with E-state index in [4.69, 9.17) is 5.73 Å².